The molecular weight excluding hydrogens is 377 g/mol. The van der Waals surface area contributed by atoms with Gasteiger partial charge in [-0.15, -0.1) is 0 Å². The zero-order valence-electron chi connectivity index (χ0n) is 14.2. The topological polar surface area (TPSA) is 80.1 Å². The quantitative estimate of drug-likeness (QED) is 0.641. The van der Waals surface area contributed by atoms with E-state index in [1.807, 2.05) is 16.9 Å². The smallest absolute Gasteiger partial charge is 0.166 e. The van der Waals surface area contributed by atoms with E-state index in [0.717, 1.165) is 55.8 Å². The third kappa shape index (κ3) is 3.38. The van der Waals surface area contributed by atoms with E-state index >= 15 is 0 Å². The second-order valence-corrected chi connectivity index (χ2v) is 6.63. The highest BCUT2D eigenvalue weighted by atomic mass is 35.5. The minimum absolute atomic E-state index is 0.0459. The fourth-order valence-corrected chi connectivity index (χ4v) is 3.55. The SMILES string of the molecule is CO.O=Cc1[nH]c2c(Cl)c(Cl)ccc2c1-c1cnn(C2CCCCO2)c1. The molecule has 138 valence electrons. The van der Waals surface area contributed by atoms with Crippen molar-refractivity contribution in [2.75, 3.05) is 13.7 Å². The van der Waals surface area contributed by atoms with Gasteiger partial charge in [0.2, 0.25) is 0 Å². The first kappa shape index (κ1) is 18.9. The molecule has 1 unspecified atom stereocenters. The average Bonchev–Trinajstić information content (AvgIpc) is 3.31. The number of hydrogen-bond acceptors (Lipinski definition) is 4. The van der Waals surface area contributed by atoms with Crippen molar-refractivity contribution in [3.63, 3.8) is 0 Å². The van der Waals surface area contributed by atoms with Gasteiger partial charge in [-0.05, 0) is 25.3 Å². The number of benzene rings is 1. The van der Waals surface area contributed by atoms with Crippen LogP contribution in [0.1, 0.15) is 36.0 Å². The summed E-state index contributed by atoms with van der Waals surface area (Å²) in [4.78, 5) is 14.6. The predicted molar refractivity (Wildman–Crippen MR) is 102 cm³/mol. The van der Waals surface area contributed by atoms with Crippen molar-refractivity contribution < 1.29 is 14.6 Å². The van der Waals surface area contributed by atoms with Crippen LogP contribution in [0.2, 0.25) is 10.0 Å². The molecule has 26 heavy (non-hydrogen) atoms. The summed E-state index contributed by atoms with van der Waals surface area (Å²) in [5.41, 5.74) is 2.73. The van der Waals surface area contributed by atoms with Crippen molar-refractivity contribution in [1.29, 1.82) is 0 Å². The summed E-state index contributed by atoms with van der Waals surface area (Å²) in [7, 11) is 1.00. The monoisotopic (exact) mass is 395 g/mol. The average molecular weight is 396 g/mol. The Labute approximate surface area is 160 Å². The van der Waals surface area contributed by atoms with Gasteiger partial charge in [0.05, 0.1) is 27.5 Å². The maximum atomic E-state index is 11.5. The van der Waals surface area contributed by atoms with Crippen LogP contribution in [-0.2, 0) is 4.74 Å². The number of aromatic amines is 1. The minimum Gasteiger partial charge on any atom is -0.400 e. The van der Waals surface area contributed by atoms with Gasteiger partial charge in [-0.2, -0.15) is 5.10 Å². The molecule has 1 aliphatic heterocycles. The maximum Gasteiger partial charge on any atom is 0.166 e. The van der Waals surface area contributed by atoms with Crippen LogP contribution in [-0.4, -0.2) is 39.9 Å². The summed E-state index contributed by atoms with van der Waals surface area (Å²) in [5.74, 6) is 0. The summed E-state index contributed by atoms with van der Waals surface area (Å²) in [6.45, 7) is 0.751. The summed E-state index contributed by atoms with van der Waals surface area (Å²) >= 11 is 12.3. The Bertz CT molecular complexity index is 914. The first-order chi connectivity index (χ1) is 12.7. The third-order valence-electron chi connectivity index (χ3n) is 4.35. The van der Waals surface area contributed by atoms with Crippen LogP contribution < -0.4 is 0 Å². The first-order valence-corrected chi connectivity index (χ1v) is 9.00. The van der Waals surface area contributed by atoms with Gasteiger partial charge in [0.25, 0.3) is 0 Å². The lowest BCUT2D eigenvalue weighted by atomic mass is 10.1. The molecule has 4 rings (SSSR count). The number of carbonyl (C=O) groups is 1. The van der Waals surface area contributed by atoms with Crippen LogP contribution in [0.5, 0.6) is 0 Å². The number of fused-ring (bicyclic) bond motifs is 1. The summed E-state index contributed by atoms with van der Waals surface area (Å²) in [6, 6.07) is 3.59. The molecule has 0 saturated carbocycles. The predicted octanol–water partition coefficient (Wildman–Crippen LogP) is 4.46. The molecule has 0 aliphatic carbocycles. The number of nitrogens with one attached hydrogen (secondary N) is 1. The number of aromatic nitrogens is 3. The van der Waals surface area contributed by atoms with E-state index in [0.29, 0.717) is 21.3 Å². The highest BCUT2D eigenvalue weighted by Crippen LogP contribution is 2.38. The Morgan fingerprint density at radius 3 is 2.85 bits per heavy atom. The molecule has 1 saturated heterocycles. The fraction of sp³-hybridized carbons (Fsp3) is 0.333. The van der Waals surface area contributed by atoms with Crippen LogP contribution in [0.15, 0.2) is 24.5 Å². The Balaban J connectivity index is 0.000000948. The Hall–Kier alpha value is -1.86. The van der Waals surface area contributed by atoms with Gasteiger partial charge in [-0.25, -0.2) is 4.68 Å². The molecule has 6 nitrogen and oxygen atoms in total. The molecule has 0 radical (unpaired) electrons. The van der Waals surface area contributed by atoms with Crippen molar-refractivity contribution in [3.05, 3.63) is 40.3 Å². The van der Waals surface area contributed by atoms with Gasteiger partial charge < -0.3 is 14.8 Å². The maximum absolute atomic E-state index is 11.5. The third-order valence-corrected chi connectivity index (χ3v) is 5.16. The van der Waals surface area contributed by atoms with Crippen molar-refractivity contribution in [2.24, 2.45) is 0 Å². The first-order valence-electron chi connectivity index (χ1n) is 8.24. The van der Waals surface area contributed by atoms with Gasteiger partial charge >= 0.3 is 0 Å². The van der Waals surface area contributed by atoms with Gasteiger partial charge in [0.15, 0.2) is 6.29 Å². The number of aliphatic hydroxyl groups excluding tert-OH is 1. The van der Waals surface area contributed by atoms with Crippen molar-refractivity contribution in [2.45, 2.75) is 25.5 Å². The molecule has 1 aliphatic rings. The van der Waals surface area contributed by atoms with E-state index in [-0.39, 0.29) is 6.23 Å². The Morgan fingerprint density at radius 2 is 2.15 bits per heavy atom. The highest BCUT2D eigenvalue weighted by molar-refractivity contribution is 6.45. The second-order valence-electron chi connectivity index (χ2n) is 5.85. The number of aldehydes is 1. The molecule has 0 spiro atoms. The molecule has 3 aromatic rings. The van der Waals surface area contributed by atoms with Crippen LogP contribution in [0.3, 0.4) is 0 Å². The van der Waals surface area contributed by atoms with E-state index in [1.165, 1.54) is 0 Å². The molecule has 3 heterocycles. The lowest BCUT2D eigenvalue weighted by molar-refractivity contribution is -0.0394. The highest BCUT2D eigenvalue weighted by Gasteiger charge is 2.20. The van der Waals surface area contributed by atoms with Crippen molar-refractivity contribution in [3.8, 4) is 11.1 Å². The lowest BCUT2D eigenvalue weighted by Crippen LogP contribution is -2.18. The largest absolute Gasteiger partial charge is 0.400 e. The van der Waals surface area contributed by atoms with Gasteiger partial charge in [-0.3, -0.25) is 4.79 Å². The van der Waals surface area contributed by atoms with E-state index in [9.17, 15) is 4.79 Å². The van der Waals surface area contributed by atoms with Crippen LogP contribution in [0.25, 0.3) is 22.0 Å². The summed E-state index contributed by atoms with van der Waals surface area (Å²) in [5, 5.41) is 13.1. The molecule has 1 aromatic carbocycles. The molecule has 2 aromatic heterocycles. The van der Waals surface area contributed by atoms with Crippen LogP contribution in [0, 0.1) is 0 Å². The normalized spacial score (nSPS) is 17.0. The van der Waals surface area contributed by atoms with E-state index in [2.05, 4.69) is 10.1 Å². The van der Waals surface area contributed by atoms with E-state index < -0.39 is 0 Å². The van der Waals surface area contributed by atoms with Crippen molar-refractivity contribution >= 4 is 40.4 Å². The minimum atomic E-state index is -0.0459. The van der Waals surface area contributed by atoms with E-state index in [4.69, 9.17) is 33.0 Å². The Morgan fingerprint density at radius 1 is 1.35 bits per heavy atom. The summed E-state index contributed by atoms with van der Waals surface area (Å²) in [6.07, 6.45) is 7.55. The summed E-state index contributed by atoms with van der Waals surface area (Å²) < 4.78 is 7.58. The van der Waals surface area contributed by atoms with Gasteiger partial charge in [-0.1, -0.05) is 29.3 Å². The number of aliphatic hydroxyl groups is 1. The molecule has 1 fully saturated rings. The fourth-order valence-electron chi connectivity index (χ4n) is 3.18. The number of hydrogen-bond donors (Lipinski definition) is 2. The molecule has 8 heteroatoms. The number of carbonyl (C=O) groups excluding carboxylic acids is 1. The Kier molecular flexibility index (Phi) is 5.98. The molecule has 0 amide bonds. The zero-order chi connectivity index (χ0) is 18.7. The van der Waals surface area contributed by atoms with Gasteiger partial charge in [0, 0.05) is 36.4 Å². The second kappa shape index (κ2) is 8.22. The van der Waals surface area contributed by atoms with Crippen LogP contribution in [0.4, 0.5) is 0 Å². The lowest BCUT2D eigenvalue weighted by Gasteiger charge is -2.22. The molecule has 2 N–H and O–H groups in total. The molecule has 0 bridgehead atoms. The molecule has 1 atom stereocenters. The number of H-pyrrole nitrogens is 1. The number of halogens is 2. The standard InChI is InChI=1S/C17H15Cl2N3O2.CH4O/c18-12-5-4-11-15(13(9-23)21-17(11)16(12)19)10-7-20-22(8-10)14-3-1-2-6-24-14;1-2/h4-5,7-9,14,21H,1-3,6H2;2H,1H3. The van der Waals surface area contributed by atoms with E-state index in [1.54, 1.807) is 12.3 Å². The van der Waals surface area contributed by atoms with Crippen molar-refractivity contribution in [1.82, 2.24) is 14.8 Å². The zero-order valence-corrected chi connectivity index (χ0v) is 15.7. The number of ether oxygens (including phenoxy) is 1. The number of nitrogens with zero attached hydrogens (tertiary/aromatic N) is 2. The van der Waals surface area contributed by atoms with Gasteiger partial charge in [0.1, 0.15) is 6.23 Å². The molecular formula is C18H19Cl2N3O3. The number of rotatable bonds is 3. The van der Waals surface area contributed by atoms with Crippen LogP contribution >= 0.6 is 23.2 Å².